The first-order valence-electron chi connectivity index (χ1n) is 7.23. The van der Waals surface area contributed by atoms with Gasteiger partial charge in [-0.1, -0.05) is 25.3 Å². The second-order valence-electron chi connectivity index (χ2n) is 5.61. The van der Waals surface area contributed by atoms with Gasteiger partial charge in [0.25, 0.3) is 0 Å². The molecule has 0 aliphatic heterocycles. The normalized spacial score (nSPS) is 16.5. The lowest BCUT2D eigenvalue weighted by molar-refractivity contribution is -0.120. The molecule has 1 aromatic carbocycles. The number of sulfonamides is 1. The smallest absolute Gasteiger partial charge is 0.231 e. The fraction of sp³-hybridized carbons (Fsp3) is 0.533. The van der Waals surface area contributed by atoms with Gasteiger partial charge in [0.2, 0.25) is 15.9 Å². The SMILES string of the molecule is CN(c1cccc(NC(=O)C2CCCCC2)c1)S(C)(=O)=O. The molecule has 1 aliphatic carbocycles. The van der Waals surface area contributed by atoms with Crippen molar-refractivity contribution in [3.05, 3.63) is 24.3 Å². The van der Waals surface area contributed by atoms with E-state index in [1.165, 1.54) is 17.8 Å². The third-order valence-corrected chi connectivity index (χ3v) is 5.16. The molecule has 1 amide bonds. The summed E-state index contributed by atoms with van der Waals surface area (Å²) in [6.45, 7) is 0. The highest BCUT2D eigenvalue weighted by molar-refractivity contribution is 7.92. The molecule has 2 rings (SSSR count). The van der Waals surface area contributed by atoms with Crippen molar-refractivity contribution in [1.82, 2.24) is 0 Å². The minimum Gasteiger partial charge on any atom is -0.326 e. The van der Waals surface area contributed by atoms with Gasteiger partial charge >= 0.3 is 0 Å². The zero-order chi connectivity index (χ0) is 15.5. The minimum absolute atomic E-state index is 0.0360. The highest BCUT2D eigenvalue weighted by Gasteiger charge is 2.21. The summed E-state index contributed by atoms with van der Waals surface area (Å²) in [5.41, 5.74) is 1.18. The summed E-state index contributed by atoms with van der Waals surface area (Å²) in [6.07, 6.45) is 6.45. The van der Waals surface area contributed by atoms with Crippen molar-refractivity contribution < 1.29 is 13.2 Å². The number of hydrogen-bond acceptors (Lipinski definition) is 3. The molecule has 21 heavy (non-hydrogen) atoms. The molecule has 1 saturated carbocycles. The zero-order valence-corrected chi connectivity index (χ0v) is 13.3. The van der Waals surface area contributed by atoms with Crippen LogP contribution in [0.2, 0.25) is 0 Å². The van der Waals surface area contributed by atoms with E-state index in [4.69, 9.17) is 0 Å². The maximum Gasteiger partial charge on any atom is 0.231 e. The van der Waals surface area contributed by atoms with Crippen molar-refractivity contribution in [2.45, 2.75) is 32.1 Å². The zero-order valence-electron chi connectivity index (χ0n) is 12.5. The summed E-state index contributed by atoms with van der Waals surface area (Å²) in [6, 6.07) is 6.91. The summed E-state index contributed by atoms with van der Waals surface area (Å²) < 4.78 is 24.3. The van der Waals surface area contributed by atoms with Crippen molar-refractivity contribution in [2.24, 2.45) is 5.92 Å². The minimum atomic E-state index is -3.30. The van der Waals surface area contributed by atoms with Gasteiger partial charge in [-0.2, -0.15) is 0 Å². The summed E-state index contributed by atoms with van der Waals surface area (Å²) in [5, 5.41) is 2.90. The van der Waals surface area contributed by atoms with Gasteiger partial charge in [-0.25, -0.2) is 8.42 Å². The van der Waals surface area contributed by atoms with E-state index >= 15 is 0 Å². The van der Waals surface area contributed by atoms with E-state index in [2.05, 4.69) is 5.32 Å². The predicted molar refractivity (Wildman–Crippen MR) is 84.9 cm³/mol. The Morgan fingerprint density at radius 3 is 2.52 bits per heavy atom. The molecule has 1 N–H and O–H groups in total. The molecule has 0 heterocycles. The van der Waals surface area contributed by atoms with E-state index in [0.29, 0.717) is 11.4 Å². The maximum absolute atomic E-state index is 12.2. The van der Waals surface area contributed by atoms with Gasteiger partial charge in [0.05, 0.1) is 11.9 Å². The van der Waals surface area contributed by atoms with Crippen molar-refractivity contribution in [2.75, 3.05) is 22.9 Å². The molecule has 6 heteroatoms. The van der Waals surface area contributed by atoms with Crippen LogP contribution in [0.4, 0.5) is 11.4 Å². The Morgan fingerprint density at radius 2 is 1.90 bits per heavy atom. The average Bonchev–Trinajstić information content (AvgIpc) is 2.46. The van der Waals surface area contributed by atoms with Crippen LogP contribution in [0.25, 0.3) is 0 Å². The summed E-state index contributed by atoms with van der Waals surface area (Å²) in [4.78, 5) is 12.2. The molecule has 0 atom stereocenters. The molecule has 0 aromatic heterocycles. The second-order valence-corrected chi connectivity index (χ2v) is 7.62. The number of amides is 1. The Balaban J connectivity index is 2.09. The Morgan fingerprint density at radius 1 is 1.24 bits per heavy atom. The van der Waals surface area contributed by atoms with Crippen LogP contribution in [0.3, 0.4) is 0 Å². The van der Waals surface area contributed by atoms with Crippen LogP contribution in [0.1, 0.15) is 32.1 Å². The van der Waals surface area contributed by atoms with Crippen LogP contribution in [0.5, 0.6) is 0 Å². The first-order valence-corrected chi connectivity index (χ1v) is 9.07. The number of rotatable bonds is 4. The van der Waals surface area contributed by atoms with Crippen LogP contribution in [-0.4, -0.2) is 27.6 Å². The average molecular weight is 310 g/mol. The fourth-order valence-electron chi connectivity index (χ4n) is 2.58. The number of nitrogens with zero attached hydrogens (tertiary/aromatic N) is 1. The third kappa shape index (κ3) is 4.20. The van der Waals surface area contributed by atoms with Gasteiger partial charge in [-0.15, -0.1) is 0 Å². The van der Waals surface area contributed by atoms with E-state index in [-0.39, 0.29) is 11.8 Å². The molecule has 0 spiro atoms. The lowest BCUT2D eigenvalue weighted by atomic mass is 9.88. The predicted octanol–water partition coefficient (Wildman–Crippen LogP) is 2.60. The second kappa shape index (κ2) is 6.47. The molecule has 1 aromatic rings. The largest absolute Gasteiger partial charge is 0.326 e. The Kier molecular flexibility index (Phi) is 4.88. The summed E-state index contributed by atoms with van der Waals surface area (Å²) >= 11 is 0. The van der Waals surface area contributed by atoms with Crippen molar-refractivity contribution in [3.8, 4) is 0 Å². The molecular formula is C15H22N2O3S. The molecule has 1 aliphatic rings. The number of anilines is 2. The maximum atomic E-state index is 12.2. The highest BCUT2D eigenvalue weighted by Crippen LogP contribution is 2.26. The molecule has 116 valence electrons. The lowest BCUT2D eigenvalue weighted by Crippen LogP contribution is -2.26. The highest BCUT2D eigenvalue weighted by atomic mass is 32.2. The van der Waals surface area contributed by atoms with E-state index in [1.54, 1.807) is 24.3 Å². The van der Waals surface area contributed by atoms with Crippen LogP contribution < -0.4 is 9.62 Å². The van der Waals surface area contributed by atoms with Gasteiger partial charge in [-0.3, -0.25) is 9.10 Å². The molecule has 5 nitrogen and oxygen atoms in total. The van der Waals surface area contributed by atoms with Crippen LogP contribution in [-0.2, 0) is 14.8 Å². The van der Waals surface area contributed by atoms with Gasteiger partial charge in [0.15, 0.2) is 0 Å². The fourth-order valence-corrected chi connectivity index (χ4v) is 3.08. The quantitative estimate of drug-likeness (QED) is 0.929. The van der Waals surface area contributed by atoms with Crippen molar-refractivity contribution in [3.63, 3.8) is 0 Å². The van der Waals surface area contributed by atoms with Crippen LogP contribution in [0.15, 0.2) is 24.3 Å². The summed E-state index contributed by atoms with van der Waals surface area (Å²) in [7, 11) is -1.80. The third-order valence-electron chi connectivity index (χ3n) is 3.95. The first kappa shape index (κ1) is 15.8. The first-order chi connectivity index (χ1) is 9.88. The molecule has 0 saturated heterocycles. The molecule has 0 unspecified atom stereocenters. The summed E-state index contributed by atoms with van der Waals surface area (Å²) in [5.74, 6) is 0.115. The van der Waals surface area contributed by atoms with E-state index in [9.17, 15) is 13.2 Å². The van der Waals surface area contributed by atoms with Crippen LogP contribution in [0, 0.1) is 5.92 Å². The van der Waals surface area contributed by atoms with E-state index in [1.807, 2.05) is 0 Å². The number of carbonyl (C=O) groups excluding carboxylic acids is 1. The van der Waals surface area contributed by atoms with E-state index < -0.39 is 10.0 Å². The standard InChI is InChI=1S/C15H22N2O3S/c1-17(21(2,19)20)14-10-6-9-13(11-14)16-15(18)12-7-4-3-5-8-12/h6,9-12H,3-5,7-8H2,1-2H3,(H,16,18). The Labute approximate surface area is 126 Å². The number of hydrogen-bond donors (Lipinski definition) is 1. The monoisotopic (exact) mass is 310 g/mol. The topological polar surface area (TPSA) is 66.5 Å². The lowest BCUT2D eigenvalue weighted by Gasteiger charge is -2.21. The van der Waals surface area contributed by atoms with Gasteiger partial charge < -0.3 is 5.32 Å². The molecule has 0 bridgehead atoms. The van der Waals surface area contributed by atoms with Crippen molar-refractivity contribution >= 4 is 27.3 Å². The molecular weight excluding hydrogens is 288 g/mol. The van der Waals surface area contributed by atoms with Crippen molar-refractivity contribution in [1.29, 1.82) is 0 Å². The Hall–Kier alpha value is -1.56. The van der Waals surface area contributed by atoms with Gasteiger partial charge in [0, 0.05) is 18.7 Å². The van der Waals surface area contributed by atoms with Gasteiger partial charge in [-0.05, 0) is 31.0 Å². The number of nitrogens with one attached hydrogen (secondary N) is 1. The van der Waals surface area contributed by atoms with Crippen LogP contribution >= 0.6 is 0 Å². The number of benzene rings is 1. The molecule has 1 fully saturated rings. The van der Waals surface area contributed by atoms with Gasteiger partial charge in [0.1, 0.15) is 0 Å². The van der Waals surface area contributed by atoms with E-state index in [0.717, 1.165) is 31.9 Å². The molecule has 0 radical (unpaired) electrons. The Bertz CT molecular complexity index is 607. The number of carbonyl (C=O) groups is 1.